The Hall–Kier alpha value is -2.41. The number of amides is 2. The number of ether oxygens (including phenoxy) is 1. The molecule has 7 heteroatoms. The van der Waals surface area contributed by atoms with Gasteiger partial charge >= 0.3 is 12.0 Å². The third-order valence-electron chi connectivity index (χ3n) is 3.52. The molecule has 2 aromatic rings. The Balaban J connectivity index is 2.11. The molecule has 1 aromatic carbocycles. The smallest absolute Gasteiger partial charge is 0.357 e. The molecule has 0 aliphatic carbocycles. The number of thiazole rings is 1. The number of nitrogens with zero attached hydrogens (tertiary/aromatic N) is 2. The first-order valence-electron chi connectivity index (χ1n) is 7.58. The molecule has 24 heavy (non-hydrogen) atoms. The second-order valence-corrected chi connectivity index (χ2v) is 6.53. The number of aryl methyl sites for hydroxylation is 1. The number of hydrogen-bond donors (Lipinski definition) is 1. The van der Waals surface area contributed by atoms with Gasteiger partial charge < -0.3 is 15.0 Å². The molecule has 0 atom stereocenters. The average molecular weight is 347 g/mol. The second kappa shape index (κ2) is 7.92. The normalized spacial score (nSPS) is 10.5. The molecule has 0 spiro atoms. The van der Waals surface area contributed by atoms with Crippen LogP contribution in [-0.4, -0.2) is 35.0 Å². The molecule has 1 heterocycles. The highest BCUT2D eigenvalue weighted by Crippen LogP contribution is 2.18. The number of hydrogen-bond acceptors (Lipinski definition) is 5. The van der Waals surface area contributed by atoms with Gasteiger partial charge in [-0.05, 0) is 32.4 Å². The lowest BCUT2D eigenvalue weighted by molar-refractivity contribution is 0.0594. The summed E-state index contributed by atoms with van der Waals surface area (Å²) < 4.78 is 4.65. The van der Waals surface area contributed by atoms with E-state index in [-0.39, 0.29) is 17.8 Å². The summed E-state index contributed by atoms with van der Waals surface area (Å²) in [6, 6.07) is 7.40. The SMILES string of the molecule is COC(=O)c1csc(CN(C(=O)Nc2ccccc2C)C(C)C)n1. The number of carbonyl (C=O) groups excluding carboxylic acids is 2. The number of nitrogens with one attached hydrogen (secondary N) is 1. The molecule has 2 amide bonds. The first kappa shape index (κ1) is 17.9. The second-order valence-electron chi connectivity index (χ2n) is 5.58. The van der Waals surface area contributed by atoms with E-state index in [0.29, 0.717) is 11.6 Å². The van der Waals surface area contributed by atoms with Crippen molar-refractivity contribution in [1.82, 2.24) is 9.88 Å². The number of para-hydroxylation sites is 1. The topological polar surface area (TPSA) is 71.5 Å². The van der Waals surface area contributed by atoms with Crippen molar-refractivity contribution in [3.05, 3.63) is 45.9 Å². The summed E-state index contributed by atoms with van der Waals surface area (Å²) in [4.78, 5) is 30.0. The molecule has 0 aliphatic rings. The maximum absolute atomic E-state index is 12.6. The van der Waals surface area contributed by atoms with Crippen LogP contribution >= 0.6 is 11.3 Å². The minimum absolute atomic E-state index is 0.0144. The van der Waals surface area contributed by atoms with Gasteiger partial charge in [-0.15, -0.1) is 11.3 Å². The summed E-state index contributed by atoms with van der Waals surface area (Å²) in [7, 11) is 1.32. The molecular formula is C17H21N3O3S. The summed E-state index contributed by atoms with van der Waals surface area (Å²) >= 11 is 1.33. The Labute approximate surface area is 145 Å². The van der Waals surface area contributed by atoms with E-state index in [1.54, 1.807) is 10.3 Å². The van der Waals surface area contributed by atoms with Crippen LogP contribution in [0.3, 0.4) is 0 Å². The van der Waals surface area contributed by atoms with Crippen LogP contribution in [-0.2, 0) is 11.3 Å². The lowest BCUT2D eigenvalue weighted by Gasteiger charge is -2.26. The number of urea groups is 1. The van der Waals surface area contributed by atoms with Crippen molar-refractivity contribution in [1.29, 1.82) is 0 Å². The zero-order chi connectivity index (χ0) is 17.7. The number of benzene rings is 1. The number of carbonyl (C=O) groups is 2. The van der Waals surface area contributed by atoms with Crippen molar-refractivity contribution in [3.8, 4) is 0 Å². The van der Waals surface area contributed by atoms with E-state index in [1.807, 2.05) is 45.0 Å². The largest absolute Gasteiger partial charge is 0.464 e. The number of esters is 1. The summed E-state index contributed by atoms with van der Waals surface area (Å²) in [5.41, 5.74) is 2.04. The minimum atomic E-state index is -0.474. The molecule has 128 valence electrons. The molecule has 0 radical (unpaired) electrons. The van der Waals surface area contributed by atoms with Crippen LogP contribution in [0, 0.1) is 6.92 Å². The Morgan fingerprint density at radius 1 is 1.33 bits per heavy atom. The first-order chi connectivity index (χ1) is 11.4. The van der Waals surface area contributed by atoms with Gasteiger partial charge in [0, 0.05) is 17.1 Å². The fraction of sp³-hybridized carbons (Fsp3) is 0.353. The van der Waals surface area contributed by atoms with E-state index in [0.717, 1.165) is 11.3 Å². The number of methoxy groups -OCH3 is 1. The van der Waals surface area contributed by atoms with Crippen molar-refractivity contribution in [2.45, 2.75) is 33.4 Å². The Bertz CT molecular complexity index is 727. The van der Waals surface area contributed by atoms with E-state index in [4.69, 9.17) is 0 Å². The standard InChI is InChI=1S/C17H21N3O3S/c1-11(2)20(9-15-18-14(10-24-15)16(21)23-4)17(22)19-13-8-6-5-7-12(13)3/h5-8,10-11H,9H2,1-4H3,(H,19,22). The van der Waals surface area contributed by atoms with Crippen molar-refractivity contribution in [2.75, 3.05) is 12.4 Å². The van der Waals surface area contributed by atoms with Crippen LogP contribution in [0.15, 0.2) is 29.6 Å². The molecule has 0 aliphatic heterocycles. The van der Waals surface area contributed by atoms with Gasteiger partial charge in [0.1, 0.15) is 5.01 Å². The van der Waals surface area contributed by atoms with Crippen LogP contribution in [0.2, 0.25) is 0 Å². The van der Waals surface area contributed by atoms with Crippen LogP contribution < -0.4 is 5.32 Å². The summed E-state index contributed by atoms with van der Waals surface area (Å²) in [5.74, 6) is -0.474. The van der Waals surface area contributed by atoms with Gasteiger partial charge in [0.25, 0.3) is 0 Å². The maximum atomic E-state index is 12.6. The predicted molar refractivity (Wildman–Crippen MR) is 94.3 cm³/mol. The van der Waals surface area contributed by atoms with Gasteiger partial charge in [0.2, 0.25) is 0 Å². The molecule has 1 aromatic heterocycles. The van der Waals surface area contributed by atoms with E-state index >= 15 is 0 Å². The maximum Gasteiger partial charge on any atom is 0.357 e. The molecule has 6 nitrogen and oxygen atoms in total. The van der Waals surface area contributed by atoms with Crippen molar-refractivity contribution < 1.29 is 14.3 Å². The molecule has 0 saturated heterocycles. The van der Waals surface area contributed by atoms with E-state index in [2.05, 4.69) is 15.0 Å². The van der Waals surface area contributed by atoms with E-state index < -0.39 is 5.97 Å². The van der Waals surface area contributed by atoms with Crippen molar-refractivity contribution >= 4 is 29.0 Å². The predicted octanol–water partition coefficient (Wildman–Crippen LogP) is 3.68. The Morgan fingerprint density at radius 2 is 2.04 bits per heavy atom. The van der Waals surface area contributed by atoms with Gasteiger partial charge in [0.15, 0.2) is 5.69 Å². The first-order valence-corrected chi connectivity index (χ1v) is 8.46. The van der Waals surface area contributed by atoms with E-state index in [9.17, 15) is 9.59 Å². The quantitative estimate of drug-likeness (QED) is 0.838. The van der Waals surface area contributed by atoms with Gasteiger partial charge in [-0.1, -0.05) is 18.2 Å². The average Bonchev–Trinajstić information content (AvgIpc) is 3.02. The van der Waals surface area contributed by atoms with Crippen LogP contribution in [0.1, 0.15) is 34.9 Å². The number of rotatable bonds is 5. The fourth-order valence-electron chi connectivity index (χ4n) is 2.12. The number of anilines is 1. The highest BCUT2D eigenvalue weighted by Gasteiger charge is 2.20. The summed E-state index contributed by atoms with van der Waals surface area (Å²) in [6.45, 7) is 6.15. The number of aromatic nitrogens is 1. The van der Waals surface area contributed by atoms with Crippen LogP contribution in [0.4, 0.5) is 10.5 Å². The zero-order valence-corrected chi connectivity index (χ0v) is 15.0. The third kappa shape index (κ3) is 4.32. The van der Waals surface area contributed by atoms with Crippen LogP contribution in [0.5, 0.6) is 0 Å². The van der Waals surface area contributed by atoms with Gasteiger partial charge in [0.05, 0.1) is 13.7 Å². The molecular weight excluding hydrogens is 326 g/mol. The Morgan fingerprint density at radius 3 is 2.67 bits per heavy atom. The molecule has 0 fully saturated rings. The van der Waals surface area contributed by atoms with Crippen molar-refractivity contribution in [2.24, 2.45) is 0 Å². The summed E-state index contributed by atoms with van der Waals surface area (Å²) in [5, 5.41) is 5.25. The Kier molecular flexibility index (Phi) is 5.92. The van der Waals surface area contributed by atoms with Gasteiger partial charge in [-0.3, -0.25) is 0 Å². The van der Waals surface area contributed by atoms with Crippen molar-refractivity contribution in [3.63, 3.8) is 0 Å². The summed E-state index contributed by atoms with van der Waals surface area (Å²) in [6.07, 6.45) is 0. The lowest BCUT2D eigenvalue weighted by atomic mass is 10.2. The van der Waals surface area contributed by atoms with Gasteiger partial charge in [-0.25, -0.2) is 14.6 Å². The monoisotopic (exact) mass is 347 g/mol. The van der Waals surface area contributed by atoms with Gasteiger partial charge in [-0.2, -0.15) is 0 Å². The van der Waals surface area contributed by atoms with Crippen LogP contribution in [0.25, 0.3) is 0 Å². The molecule has 0 unspecified atom stereocenters. The fourth-order valence-corrected chi connectivity index (χ4v) is 2.88. The molecule has 0 saturated carbocycles. The molecule has 1 N–H and O–H groups in total. The molecule has 0 bridgehead atoms. The minimum Gasteiger partial charge on any atom is -0.464 e. The lowest BCUT2D eigenvalue weighted by Crippen LogP contribution is -2.39. The van der Waals surface area contributed by atoms with E-state index in [1.165, 1.54) is 18.4 Å². The molecule has 2 rings (SSSR count). The highest BCUT2D eigenvalue weighted by molar-refractivity contribution is 7.09. The zero-order valence-electron chi connectivity index (χ0n) is 14.2. The third-order valence-corrected chi connectivity index (χ3v) is 4.36. The highest BCUT2D eigenvalue weighted by atomic mass is 32.1.